The lowest BCUT2D eigenvalue weighted by atomic mass is 10.1. The maximum atomic E-state index is 12.0. The van der Waals surface area contributed by atoms with Crippen LogP contribution in [0.15, 0.2) is 63.6 Å². The van der Waals surface area contributed by atoms with Crippen LogP contribution in [0.3, 0.4) is 0 Å². The van der Waals surface area contributed by atoms with Crippen LogP contribution in [-0.4, -0.2) is 30.7 Å². The van der Waals surface area contributed by atoms with Gasteiger partial charge in [0.2, 0.25) is 15.9 Å². The molecule has 0 aliphatic heterocycles. The number of rotatable bonds is 9. The second-order valence-corrected chi connectivity index (χ2v) is 9.16. The van der Waals surface area contributed by atoms with E-state index in [1.54, 1.807) is 29.5 Å². The number of benzene rings is 1. The SMILES string of the molecule is NS(=O)(=O)c1ccc(CCNC(=O)CCCn2nc(-c3cccs3)ccc2=O)cc1. The third-order valence-corrected chi connectivity index (χ3v) is 6.22. The Labute approximate surface area is 178 Å². The third kappa shape index (κ3) is 6.09. The largest absolute Gasteiger partial charge is 0.356 e. The Balaban J connectivity index is 1.43. The molecule has 0 spiro atoms. The molecule has 1 aromatic carbocycles. The number of thiophene rings is 1. The number of sulfonamides is 1. The molecule has 0 unspecified atom stereocenters. The van der Waals surface area contributed by atoms with E-state index in [4.69, 9.17) is 5.14 Å². The number of hydrogen-bond donors (Lipinski definition) is 2. The Morgan fingerprint density at radius 1 is 1.13 bits per heavy atom. The molecule has 8 nitrogen and oxygen atoms in total. The van der Waals surface area contributed by atoms with E-state index >= 15 is 0 Å². The Kier molecular flexibility index (Phi) is 7.14. The molecule has 158 valence electrons. The zero-order valence-corrected chi connectivity index (χ0v) is 17.8. The van der Waals surface area contributed by atoms with Crippen LogP contribution in [0.4, 0.5) is 0 Å². The van der Waals surface area contributed by atoms with Crippen LogP contribution in [0.1, 0.15) is 18.4 Å². The van der Waals surface area contributed by atoms with E-state index in [1.807, 2.05) is 17.5 Å². The van der Waals surface area contributed by atoms with E-state index in [2.05, 4.69) is 10.4 Å². The summed E-state index contributed by atoms with van der Waals surface area (Å²) in [6, 6.07) is 13.3. The molecular weight excluding hydrogens is 424 g/mol. The van der Waals surface area contributed by atoms with Crippen LogP contribution in [-0.2, 0) is 27.8 Å². The highest BCUT2D eigenvalue weighted by atomic mass is 32.2. The number of amides is 1. The lowest BCUT2D eigenvalue weighted by molar-refractivity contribution is -0.121. The Bertz CT molecular complexity index is 1150. The van der Waals surface area contributed by atoms with Gasteiger partial charge < -0.3 is 5.32 Å². The molecule has 3 N–H and O–H groups in total. The van der Waals surface area contributed by atoms with Gasteiger partial charge in [0.15, 0.2) is 0 Å². The van der Waals surface area contributed by atoms with Gasteiger partial charge in [0, 0.05) is 25.6 Å². The lowest BCUT2D eigenvalue weighted by Gasteiger charge is -2.08. The fraction of sp³-hybridized carbons (Fsp3) is 0.250. The van der Waals surface area contributed by atoms with Gasteiger partial charge in [0.05, 0.1) is 9.77 Å². The molecule has 0 radical (unpaired) electrons. The number of nitrogens with zero attached hydrogens (tertiary/aromatic N) is 2. The monoisotopic (exact) mass is 446 g/mol. The van der Waals surface area contributed by atoms with Gasteiger partial charge in [-0.05, 0) is 48.1 Å². The van der Waals surface area contributed by atoms with Gasteiger partial charge in [-0.25, -0.2) is 18.2 Å². The Morgan fingerprint density at radius 3 is 2.57 bits per heavy atom. The van der Waals surface area contributed by atoms with Crippen molar-refractivity contribution in [1.82, 2.24) is 15.1 Å². The smallest absolute Gasteiger partial charge is 0.266 e. The standard InChI is InChI=1S/C20H22N4O4S2/c21-30(27,28)16-7-5-15(6-8-16)11-12-22-19(25)4-1-13-24-20(26)10-9-17(23-24)18-3-2-14-29-18/h2-3,5-10,14H,1,4,11-13H2,(H,22,25)(H2,21,27,28). The maximum absolute atomic E-state index is 12.0. The van der Waals surface area contributed by atoms with Crippen molar-refractivity contribution in [3.63, 3.8) is 0 Å². The van der Waals surface area contributed by atoms with Gasteiger partial charge in [0.1, 0.15) is 5.69 Å². The molecule has 2 aromatic heterocycles. The maximum Gasteiger partial charge on any atom is 0.266 e. The second kappa shape index (κ2) is 9.79. The minimum Gasteiger partial charge on any atom is -0.356 e. The fourth-order valence-electron chi connectivity index (χ4n) is 2.83. The average Bonchev–Trinajstić information content (AvgIpc) is 3.24. The van der Waals surface area contributed by atoms with E-state index < -0.39 is 10.0 Å². The highest BCUT2D eigenvalue weighted by Gasteiger charge is 2.08. The predicted molar refractivity (Wildman–Crippen MR) is 116 cm³/mol. The molecule has 3 aromatic rings. The van der Waals surface area contributed by atoms with Crippen molar-refractivity contribution in [1.29, 1.82) is 0 Å². The van der Waals surface area contributed by atoms with Crippen LogP contribution in [0.5, 0.6) is 0 Å². The van der Waals surface area contributed by atoms with E-state index in [0.717, 1.165) is 16.1 Å². The van der Waals surface area contributed by atoms with Crippen molar-refractivity contribution in [3.05, 3.63) is 69.8 Å². The summed E-state index contributed by atoms with van der Waals surface area (Å²) in [6.45, 7) is 0.792. The molecule has 0 fully saturated rings. The Hall–Kier alpha value is -2.82. The molecular formula is C20H22N4O4S2. The predicted octanol–water partition coefficient (Wildman–Crippen LogP) is 1.76. The highest BCUT2D eigenvalue weighted by Crippen LogP contribution is 2.21. The van der Waals surface area contributed by atoms with Gasteiger partial charge >= 0.3 is 0 Å². The van der Waals surface area contributed by atoms with E-state index in [0.29, 0.717) is 25.9 Å². The number of aromatic nitrogens is 2. The molecule has 0 aliphatic rings. The summed E-state index contributed by atoms with van der Waals surface area (Å²) in [7, 11) is -3.70. The van der Waals surface area contributed by atoms with Crippen molar-refractivity contribution < 1.29 is 13.2 Å². The quantitative estimate of drug-likeness (QED) is 0.518. The van der Waals surface area contributed by atoms with Crippen LogP contribution in [0, 0.1) is 0 Å². The van der Waals surface area contributed by atoms with Crippen molar-refractivity contribution in [2.75, 3.05) is 6.54 Å². The average molecular weight is 447 g/mol. The zero-order chi connectivity index (χ0) is 21.6. The molecule has 0 bridgehead atoms. The first-order valence-corrected chi connectivity index (χ1v) is 11.8. The van der Waals surface area contributed by atoms with Crippen molar-refractivity contribution in [2.45, 2.75) is 30.7 Å². The van der Waals surface area contributed by atoms with Crippen molar-refractivity contribution in [3.8, 4) is 10.6 Å². The number of nitrogens with two attached hydrogens (primary N) is 1. The lowest BCUT2D eigenvalue weighted by Crippen LogP contribution is -2.27. The van der Waals surface area contributed by atoms with Crippen LogP contribution in [0.25, 0.3) is 10.6 Å². The number of carbonyl (C=O) groups is 1. The van der Waals surface area contributed by atoms with Crippen molar-refractivity contribution >= 4 is 27.3 Å². The summed E-state index contributed by atoms with van der Waals surface area (Å²) < 4.78 is 23.9. The van der Waals surface area contributed by atoms with E-state index in [1.165, 1.54) is 22.9 Å². The van der Waals surface area contributed by atoms with Gasteiger partial charge in [-0.15, -0.1) is 11.3 Å². The first-order valence-electron chi connectivity index (χ1n) is 9.33. The summed E-state index contributed by atoms with van der Waals surface area (Å²) in [6.07, 6.45) is 1.35. The first kappa shape index (κ1) is 21.9. The van der Waals surface area contributed by atoms with E-state index in [9.17, 15) is 18.0 Å². The zero-order valence-electron chi connectivity index (χ0n) is 16.2. The highest BCUT2D eigenvalue weighted by molar-refractivity contribution is 7.89. The van der Waals surface area contributed by atoms with Crippen molar-refractivity contribution in [2.24, 2.45) is 5.14 Å². The summed E-state index contributed by atoms with van der Waals surface area (Å²) in [5, 5.41) is 14.2. The van der Waals surface area contributed by atoms with Gasteiger partial charge in [-0.1, -0.05) is 18.2 Å². The molecule has 1 amide bonds. The number of nitrogens with one attached hydrogen (secondary N) is 1. The first-order chi connectivity index (χ1) is 14.3. The van der Waals surface area contributed by atoms with E-state index in [-0.39, 0.29) is 22.8 Å². The molecule has 0 saturated carbocycles. The second-order valence-electron chi connectivity index (χ2n) is 6.65. The Morgan fingerprint density at radius 2 is 1.90 bits per heavy atom. The van der Waals surface area contributed by atoms with Crippen LogP contribution >= 0.6 is 11.3 Å². The third-order valence-electron chi connectivity index (χ3n) is 4.40. The number of hydrogen-bond acceptors (Lipinski definition) is 6. The number of carbonyl (C=O) groups excluding carboxylic acids is 1. The van der Waals surface area contributed by atoms with Gasteiger partial charge in [-0.2, -0.15) is 5.10 Å². The van der Waals surface area contributed by atoms with Crippen LogP contribution < -0.4 is 16.0 Å². The summed E-state index contributed by atoms with van der Waals surface area (Å²) >= 11 is 1.55. The van der Waals surface area contributed by atoms with Gasteiger partial charge in [0.25, 0.3) is 5.56 Å². The molecule has 0 saturated heterocycles. The summed E-state index contributed by atoms with van der Waals surface area (Å²) in [5.41, 5.74) is 1.44. The molecule has 30 heavy (non-hydrogen) atoms. The molecule has 2 heterocycles. The number of aryl methyl sites for hydroxylation is 1. The summed E-state index contributed by atoms with van der Waals surface area (Å²) in [4.78, 5) is 25.1. The minimum atomic E-state index is -3.70. The molecule has 10 heteroatoms. The topological polar surface area (TPSA) is 124 Å². The fourth-order valence-corrected chi connectivity index (χ4v) is 4.04. The van der Waals surface area contributed by atoms with Crippen LogP contribution in [0.2, 0.25) is 0 Å². The molecule has 3 rings (SSSR count). The summed E-state index contributed by atoms with van der Waals surface area (Å²) in [5.74, 6) is -0.112. The number of primary sulfonamides is 1. The minimum absolute atomic E-state index is 0.0577. The molecule has 0 aliphatic carbocycles. The molecule has 0 atom stereocenters. The van der Waals surface area contributed by atoms with Gasteiger partial charge in [-0.3, -0.25) is 9.59 Å². The normalized spacial score (nSPS) is 11.4.